The van der Waals surface area contributed by atoms with Crippen LogP contribution in [0, 0.1) is 0 Å². The van der Waals surface area contributed by atoms with E-state index in [1.165, 1.54) is 5.56 Å². The molecule has 0 amide bonds. The van der Waals surface area contributed by atoms with Crippen molar-refractivity contribution in [3.63, 3.8) is 0 Å². The summed E-state index contributed by atoms with van der Waals surface area (Å²) in [6, 6.07) is 8.23. The lowest BCUT2D eigenvalue weighted by Gasteiger charge is -2.26. The van der Waals surface area contributed by atoms with Crippen LogP contribution in [0.3, 0.4) is 0 Å². The summed E-state index contributed by atoms with van der Waals surface area (Å²) in [7, 11) is 1.69. The summed E-state index contributed by atoms with van der Waals surface area (Å²) in [4.78, 5) is 4.80. The van der Waals surface area contributed by atoms with Crippen LogP contribution in [0.15, 0.2) is 29.3 Å². The molecule has 2 N–H and O–H groups in total. The SMILES string of the molecule is CCNC(=NCC(C)(C)c1ccc(OC)cc1)NCC1(C)CCCO1.I. The van der Waals surface area contributed by atoms with Crippen LogP contribution >= 0.6 is 24.0 Å². The lowest BCUT2D eigenvalue weighted by molar-refractivity contribution is 0.0243. The number of guanidine groups is 1. The van der Waals surface area contributed by atoms with Crippen molar-refractivity contribution in [1.82, 2.24) is 10.6 Å². The number of hydrogen-bond donors (Lipinski definition) is 2. The largest absolute Gasteiger partial charge is 0.497 e. The van der Waals surface area contributed by atoms with Gasteiger partial charge in [0.2, 0.25) is 0 Å². The highest BCUT2D eigenvalue weighted by molar-refractivity contribution is 14.0. The van der Waals surface area contributed by atoms with Crippen LogP contribution < -0.4 is 15.4 Å². The molecule has 2 rings (SSSR count). The van der Waals surface area contributed by atoms with Crippen LogP contribution in [0.1, 0.15) is 46.1 Å². The number of nitrogens with one attached hydrogen (secondary N) is 2. The zero-order valence-electron chi connectivity index (χ0n) is 16.7. The summed E-state index contributed by atoms with van der Waals surface area (Å²) in [6.07, 6.45) is 2.23. The van der Waals surface area contributed by atoms with E-state index >= 15 is 0 Å². The minimum atomic E-state index is -0.0817. The lowest BCUT2D eigenvalue weighted by Crippen LogP contribution is -2.46. The maximum atomic E-state index is 5.85. The molecule has 1 heterocycles. The van der Waals surface area contributed by atoms with E-state index in [1.807, 2.05) is 12.1 Å². The first-order valence-electron chi connectivity index (χ1n) is 9.19. The molecule has 0 saturated carbocycles. The van der Waals surface area contributed by atoms with Crippen molar-refractivity contribution in [3.8, 4) is 5.75 Å². The van der Waals surface area contributed by atoms with Crippen molar-refractivity contribution in [2.24, 2.45) is 4.99 Å². The van der Waals surface area contributed by atoms with E-state index in [9.17, 15) is 0 Å². The lowest BCUT2D eigenvalue weighted by atomic mass is 9.85. The molecule has 1 atom stereocenters. The third kappa shape index (κ3) is 6.61. The molecule has 1 aliphatic heterocycles. The van der Waals surface area contributed by atoms with Crippen molar-refractivity contribution in [2.75, 3.05) is 33.4 Å². The van der Waals surface area contributed by atoms with Crippen LogP contribution in [0.5, 0.6) is 5.75 Å². The van der Waals surface area contributed by atoms with Crippen LogP contribution in [0.4, 0.5) is 0 Å². The third-order valence-corrected chi connectivity index (χ3v) is 4.78. The Balaban J connectivity index is 0.00000338. The highest BCUT2D eigenvalue weighted by Crippen LogP contribution is 2.26. The van der Waals surface area contributed by atoms with Gasteiger partial charge in [-0.25, -0.2) is 0 Å². The Kier molecular flexibility index (Phi) is 9.16. The van der Waals surface area contributed by atoms with Gasteiger partial charge in [-0.05, 0) is 44.4 Å². The number of ether oxygens (including phenoxy) is 2. The van der Waals surface area contributed by atoms with Crippen molar-refractivity contribution < 1.29 is 9.47 Å². The van der Waals surface area contributed by atoms with Gasteiger partial charge in [0, 0.05) is 25.1 Å². The van der Waals surface area contributed by atoms with Crippen molar-refractivity contribution >= 4 is 29.9 Å². The van der Waals surface area contributed by atoms with Gasteiger partial charge in [0.1, 0.15) is 5.75 Å². The quantitative estimate of drug-likeness (QED) is 0.359. The molecule has 5 nitrogen and oxygen atoms in total. The maximum absolute atomic E-state index is 5.85. The maximum Gasteiger partial charge on any atom is 0.191 e. The molecule has 0 spiro atoms. The van der Waals surface area contributed by atoms with E-state index < -0.39 is 0 Å². The molecule has 1 fully saturated rings. The van der Waals surface area contributed by atoms with Gasteiger partial charge in [0.15, 0.2) is 5.96 Å². The average molecular weight is 475 g/mol. The number of aliphatic imine (C=N–C) groups is 1. The van der Waals surface area contributed by atoms with Crippen LogP contribution in [-0.2, 0) is 10.2 Å². The van der Waals surface area contributed by atoms with E-state index in [0.29, 0.717) is 6.54 Å². The second kappa shape index (κ2) is 10.3. The summed E-state index contributed by atoms with van der Waals surface area (Å²) in [6.45, 7) is 11.8. The molecular formula is C20H34IN3O2. The molecule has 1 saturated heterocycles. The highest BCUT2D eigenvalue weighted by Gasteiger charge is 2.29. The molecule has 0 bridgehead atoms. The van der Waals surface area contributed by atoms with Crippen LogP contribution in [-0.4, -0.2) is 44.9 Å². The summed E-state index contributed by atoms with van der Waals surface area (Å²) in [5.41, 5.74) is 1.11. The molecule has 0 radical (unpaired) electrons. The van der Waals surface area contributed by atoms with Gasteiger partial charge >= 0.3 is 0 Å². The minimum absolute atomic E-state index is 0. The van der Waals surface area contributed by atoms with Gasteiger partial charge in [0.25, 0.3) is 0 Å². The highest BCUT2D eigenvalue weighted by atomic mass is 127. The van der Waals surface area contributed by atoms with E-state index in [1.54, 1.807) is 7.11 Å². The topological polar surface area (TPSA) is 54.9 Å². The summed E-state index contributed by atoms with van der Waals surface area (Å²) in [5.74, 6) is 1.73. The first-order valence-corrected chi connectivity index (χ1v) is 9.19. The second-order valence-corrected chi connectivity index (χ2v) is 7.56. The molecule has 1 aromatic rings. The summed E-state index contributed by atoms with van der Waals surface area (Å²) in [5, 5.41) is 6.77. The van der Waals surface area contributed by atoms with E-state index in [0.717, 1.165) is 44.2 Å². The Morgan fingerprint density at radius 1 is 1.27 bits per heavy atom. The van der Waals surface area contributed by atoms with E-state index in [4.69, 9.17) is 14.5 Å². The fraction of sp³-hybridized carbons (Fsp3) is 0.650. The molecule has 1 aliphatic rings. The Hall–Kier alpha value is -1.02. The summed E-state index contributed by atoms with van der Waals surface area (Å²) < 4.78 is 11.1. The van der Waals surface area contributed by atoms with Gasteiger partial charge in [-0.3, -0.25) is 4.99 Å². The fourth-order valence-corrected chi connectivity index (χ4v) is 3.00. The van der Waals surface area contributed by atoms with E-state index in [-0.39, 0.29) is 35.0 Å². The minimum Gasteiger partial charge on any atom is -0.497 e. The monoisotopic (exact) mass is 475 g/mol. The van der Waals surface area contributed by atoms with Crippen LogP contribution in [0.25, 0.3) is 0 Å². The van der Waals surface area contributed by atoms with Gasteiger partial charge in [-0.2, -0.15) is 0 Å². The first-order chi connectivity index (χ1) is 11.9. The number of benzene rings is 1. The molecule has 148 valence electrons. The Bertz CT molecular complexity index is 567. The number of nitrogens with zero attached hydrogens (tertiary/aromatic N) is 1. The van der Waals surface area contributed by atoms with Crippen molar-refractivity contribution in [2.45, 2.75) is 51.6 Å². The van der Waals surface area contributed by atoms with Crippen molar-refractivity contribution in [3.05, 3.63) is 29.8 Å². The van der Waals surface area contributed by atoms with Gasteiger partial charge in [-0.15, -0.1) is 24.0 Å². The number of rotatable bonds is 7. The average Bonchev–Trinajstić information content (AvgIpc) is 3.04. The number of methoxy groups -OCH3 is 1. The molecule has 26 heavy (non-hydrogen) atoms. The van der Waals surface area contributed by atoms with Crippen LogP contribution in [0.2, 0.25) is 0 Å². The fourth-order valence-electron chi connectivity index (χ4n) is 3.00. The Morgan fingerprint density at radius 3 is 2.50 bits per heavy atom. The molecule has 6 heteroatoms. The zero-order valence-corrected chi connectivity index (χ0v) is 19.1. The number of halogens is 1. The summed E-state index contributed by atoms with van der Waals surface area (Å²) >= 11 is 0. The first kappa shape index (κ1) is 23.0. The second-order valence-electron chi connectivity index (χ2n) is 7.56. The molecule has 1 unspecified atom stereocenters. The predicted molar refractivity (Wildman–Crippen MR) is 119 cm³/mol. The van der Waals surface area contributed by atoms with Gasteiger partial charge < -0.3 is 20.1 Å². The number of hydrogen-bond acceptors (Lipinski definition) is 3. The molecule has 0 aliphatic carbocycles. The van der Waals surface area contributed by atoms with E-state index in [2.05, 4.69) is 50.5 Å². The Morgan fingerprint density at radius 2 is 1.96 bits per heavy atom. The van der Waals surface area contributed by atoms with Gasteiger partial charge in [0.05, 0.1) is 19.3 Å². The van der Waals surface area contributed by atoms with Crippen molar-refractivity contribution in [1.29, 1.82) is 0 Å². The molecule has 1 aromatic carbocycles. The predicted octanol–water partition coefficient (Wildman–Crippen LogP) is 3.72. The molecule has 0 aromatic heterocycles. The Labute approximate surface area is 175 Å². The third-order valence-electron chi connectivity index (χ3n) is 4.78. The normalized spacial score (nSPS) is 20.4. The molecular weight excluding hydrogens is 441 g/mol. The standard InChI is InChI=1S/C20H33N3O2.HI/c1-6-21-18(23-15-20(4)12-7-13-25-20)22-14-19(2,3)16-8-10-17(24-5)11-9-16;/h8-11H,6-7,12-15H2,1-5H3,(H2,21,22,23);1H. The zero-order chi connectivity index (χ0) is 18.3. The van der Waals surface area contributed by atoms with Gasteiger partial charge in [-0.1, -0.05) is 26.0 Å². The smallest absolute Gasteiger partial charge is 0.191 e.